The Labute approximate surface area is 116 Å². The normalized spacial score (nSPS) is 14.6. The van der Waals surface area contributed by atoms with Crippen LogP contribution in [0.15, 0.2) is 23.6 Å². The number of amides is 1. The number of thioether (sulfide) groups is 1. The molecule has 0 radical (unpaired) electrons. The van der Waals surface area contributed by atoms with Crippen LogP contribution in [0.1, 0.15) is 18.2 Å². The van der Waals surface area contributed by atoms with Crippen molar-refractivity contribution >= 4 is 35.1 Å². The number of carbonyl (C=O) groups excluding carboxylic acids is 1. The summed E-state index contributed by atoms with van der Waals surface area (Å²) in [5.74, 6) is 0.710. The van der Waals surface area contributed by atoms with E-state index in [-0.39, 0.29) is 12.5 Å². The van der Waals surface area contributed by atoms with Crippen LogP contribution in [0, 0.1) is 0 Å². The zero-order chi connectivity index (χ0) is 13.4. The number of thiophene rings is 1. The highest BCUT2D eigenvalue weighted by Gasteiger charge is 2.19. The van der Waals surface area contributed by atoms with Gasteiger partial charge in [-0.2, -0.15) is 11.8 Å². The predicted octanol–water partition coefficient (Wildman–Crippen LogP) is 2.38. The molecule has 0 aliphatic heterocycles. The molecule has 1 aromatic heterocycles. The van der Waals surface area contributed by atoms with Gasteiger partial charge in [0.05, 0.1) is 5.60 Å². The molecule has 1 aromatic rings. The minimum absolute atomic E-state index is 0.173. The molecule has 0 aliphatic rings. The Kier molecular flexibility index (Phi) is 6.46. The summed E-state index contributed by atoms with van der Waals surface area (Å²) in [7, 11) is 0. The smallest absolute Gasteiger partial charge is 0.244 e. The molecule has 1 unspecified atom stereocenters. The fraction of sp³-hybridized carbons (Fsp3) is 0.462. The van der Waals surface area contributed by atoms with E-state index >= 15 is 0 Å². The summed E-state index contributed by atoms with van der Waals surface area (Å²) in [5.41, 5.74) is -0.838. The standard InChI is InChI=1S/C13H19NO2S2/c1-13(16,7-9-17-2)10-14-12(15)6-5-11-4-3-8-18-11/h3-6,8,16H,7,9-10H2,1-2H3,(H,14,15)/b6-5+. The molecule has 5 heteroatoms. The van der Waals surface area contributed by atoms with Gasteiger partial charge in [-0.1, -0.05) is 6.07 Å². The zero-order valence-electron chi connectivity index (χ0n) is 10.7. The van der Waals surface area contributed by atoms with Crippen molar-refractivity contribution in [2.75, 3.05) is 18.6 Å². The third kappa shape index (κ3) is 6.23. The molecule has 100 valence electrons. The van der Waals surface area contributed by atoms with Crippen molar-refractivity contribution in [2.45, 2.75) is 18.9 Å². The number of carbonyl (C=O) groups is 1. The van der Waals surface area contributed by atoms with Crippen molar-refractivity contribution < 1.29 is 9.90 Å². The molecule has 0 aliphatic carbocycles. The van der Waals surface area contributed by atoms with Gasteiger partial charge in [-0.25, -0.2) is 0 Å². The van der Waals surface area contributed by atoms with Gasteiger partial charge in [-0.15, -0.1) is 11.3 Å². The second kappa shape index (κ2) is 7.61. The first-order chi connectivity index (χ1) is 8.53. The van der Waals surface area contributed by atoms with E-state index < -0.39 is 5.60 Å². The van der Waals surface area contributed by atoms with Gasteiger partial charge in [0.15, 0.2) is 0 Å². The first-order valence-electron chi connectivity index (χ1n) is 5.74. The summed E-state index contributed by atoms with van der Waals surface area (Å²) in [6.07, 6.45) is 5.94. The maximum absolute atomic E-state index is 11.5. The number of nitrogens with one attached hydrogen (secondary N) is 1. The van der Waals surface area contributed by atoms with Crippen LogP contribution in [0.2, 0.25) is 0 Å². The Hall–Kier alpha value is -0.780. The molecule has 0 fully saturated rings. The third-order valence-electron chi connectivity index (χ3n) is 2.43. The molecule has 3 nitrogen and oxygen atoms in total. The second-order valence-corrected chi connectivity index (χ2v) is 6.27. The predicted molar refractivity (Wildman–Crippen MR) is 80.0 cm³/mol. The van der Waals surface area contributed by atoms with Crippen LogP contribution in [0.5, 0.6) is 0 Å². The highest BCUT2D eigenvalue weighted by atomic mass is 32.2. The summed E-state index contributed by atoms with van der Waals surface area (Å²) >= 11 is 3.27. The van der Waals surface area contributed by atoms with Crippen LogP contribution in [0.25, 0.3) is 6.08 Å². The molecule has 1 rings (SSSR count). The van der Waals surface area contributed by atoms with Crippen LogP contribution in [-0.4, -0.2) is 35.2 Å². The molecule has 0 aromatic carbocycles. The summed E-state index contributed by atoms with van der Waals surface area (Å²) in [5, 5.41) is 14.7. The largest absolute Gasteiger partial charge is 0.388 e. The molecule has 1 amide bonds. The number of aliphatic hydroxyl groups is 1. The van der Waals surface area contributed by atoms with Gasteiger partial charge in [0.1, 0.15) is 0 Å². The van der Waals surface area contributed by atoms with Crippen molar-refractivity contribution in [3.8, 4) is 0 Å². The fourth-order valence-corrected chi connectivity index (χ4v) is 2.55. The monoisotopic (exact) mass is 285 g/mol. The van der Waals surface area contributed by atoms with Crippen molar-refractivity contribution in [1.29, 1.82) is 0 Å². The Morgan fingerprint density at radius 3 is 3.06 bits per heavy atom. The summed E-state index contributed by atoms with van der Waals surface area (Å²) in [4.78, 5) is 12.6. The third-order valence-corrected chi connectivity index (χ3v) is 3.88. The fourth-order valence-electron chi connectivity index (χ4n) is 1.29. The maximum atomic E-state index is 11.5. The second-order valence-electron chi connectivity index (χ2n) is 4.31. The summed E-state index contributed by atoms with van der Waals surface area (Å²) in [6.45, 7) is 2.02. The lowest BCUT2D eigenvalue weighted by Crippen LogP contribution is -2.40. The van der Waals surface area contributed by atoms with Crippen LogP contribution in [0.4, 0.5) is 0 Å². The zero-order valence-corrected chi connectivity index (χ0v) is 12.3. The first kappa shape index (κ1) is 15.3. The molecule has 18 heavy (non-hydrogen) atoms. The lowest BCUT2D eigenvalue weighted by molar-refractivity contribution is -0.117. The molecule has 1 atom stereocenters. The minimum atomic E-state index is -0.838. The topological polar surface area (TPSA) is 49.3 Å². The molecule has 0 saturated heterocycles. The van der Waals surface area contributed by atoms with Crippen LogP contribution in [-0.2, 0) is 4.79 Å². The summed E-state index contributed by atoms with van der Waals surface area (Å²) < 4.78 is 0. The highest BCUT2D eigenvalue weighted by molar-refractivity contribution is 7.98. The molecular weight excluding hydrogens is 266 g/mol. The summed E-state index contributed by atoms with van der Waals surface area (Å²) in [6, 6.07) is 3.89. The van der Waals surface area contributed by atoms with E-state index in [0.29, 0.717) is 6.42 Å². The van der Waals surface area contributed by atoms with Crippen LogP contribution < -0.4 is 5.32 Å². The molecule has 0 bridgehead atoms. The minimum Gasteiger partial charge on any atom is -0.388 e. The SMILES string of the molecule is CSCCC(C)(O)CNC(=O)/C=C/c1cccs1. The van der Waals surface area contributed by atoms with Crippen molar-refractivity contribution in [3.05, 3.63) is 28.5 Å². The van der Waals surface area contributed by atoms with Gasteiger partial charge < -0.3 is 10.4 Å². The Balaban J connectivity index is 2.32. The van der Waals surface area contributed by atoms with E-state index in [2.05, 4.69) is 5.32 Å². The average Bonchev–Trinajstić information content (AvgIpc) is 2.84. The first-order valence-corrected chi connectivity index (χ1v) is 8.01. The van der Waals surface area contributed by atoms with Gasteiger partial charge in [0.25, 0.3) is 0 Å². The van der Waals surface area contributed by atoms with Gasteiger partial charge in [-0.05, 0) is 42.9 Å². The van der Waals surface area contributed by atoms with Crippen molar-refractivity contribution in [2.24, 2.45) is 0 Å². The van der Waals surface area contributed by atoms with Crippen molar-refractivity contribution in [1.82, 2.24) is 5.32 Å². The number of hydrogen-bond donors (Lipinski definition) is 2. The van der Waals surface area contributed by atoms with Gasteiger partial charge in [0.2, 0.25) is 5.91 Å². The van der Waals surface area contributed by atoms with E-state index in [0.717, 1.165) is 10.6 Å². The lowest BCUT2D eigenvalue weighted by atomic mass is 10.0. The van der Waals surface area contributed by atoms with E-state index in [1.54, 1.807) is 36.1 Å². The quantitative estimate of drug-likeness (QED) is 0.756. The van der Waals surface area contributed by atoms with E-state index in [1.807, 2.05) is 23.8 Å². The molecule has 2 N–H and O–H groups in total. The molecule has 0 spiro atoms. The van der Waals surface area contributed by atoms with Gasteiger partial charge in [-0.3, -0.25) is 4.79 Å². The van der Waals surface area contributed by atoms with E-state index in [4.69, 9.17) is 0 Å². The Morgan fingerprint density at radius 2 is 2.44 bits per heavy atom. The average molecular weight is 285 g/mol. The van der Waals surface area contributed by atoms with Crippen molar-refractivity contribution in [3.63, 3.8) is 0 Å². The highest BCUT2D eigenvalue weighted by Crippen LogP contribution is 2.12. The molecular formula is C13H19NO2S2. The molecule has 0 saturated carbocycles. The molecule has 1 heterocycles. The Bertz CT molecular complexity index is 386. The lowest BCUT2D eigenvalue weighted by Gasteiger charge is -2.22. The maximum Gasteiger partial charge on any atom is 0.244 e. The van der Waals surface area contributed by atoms with Crippen LogP contribution in [0.3, 0.4) is 0 Å². The van der Waals surface area contributed by atoms with E-state index in [1.165, 1.54) is 6.08 Å². The van der Waals surface area contributed by atoms with Gasteiger partial charge in [0, 0.05) is 17.5 Å². The number of rotatable bonds is 7. The Morgan fingerprint density at radius 1 is 1.67 bits per heavy atom. The van der Waals surface area contributed by atoms with Gasteiger partial charge >= 0.3 is 0 Å². The number of hydrogen-bond acceptors (Lipinski definition) is 4. The van der Waals surface area contributed by atoms with E-state index in [9.17, 15) is 9.90 Å². The van der Waals surface area contributed by atoms with Crippen LogP contribution >= 0.6 is 23.1 Å².